The van der Waals surface area contributed by atoms with Gasteiger partial charge < -0.3 is 5.32 Å². The maximum atomic E-state index is 7.42. The summed E-state index contributed by atoms with van der Waals surface area (Å²) in [4.78, 5) is 4.32. The van der Waals surface area contributed by atoms with E-state index in [-0.39, 0.29) is 12.4 Å². The number of nitrogens with zero attached hydrogens (tertiary/aromatic N) is 1. The van der Waals surface area contributed by atoms with Crippen molar-refractivity contribution in [3.63, 3.8) is 0 Å². The third-order valence-electron chi connectivity index (χ3n) is 1.93. The van der Waals surface area contributed by atoms with E-state index in [2.05, 4.69) is 10.3 Å². The van der Waals surface area contributed by atoms with Crippen LogP contribution >= 0.6 is 12.4 Å². The molecule has 1 aromatic rings. The van der Waals surface area contributed by atoms with E-state index in [0.717, 1.165) is 17.0 Å². The standard InChI is InChI=1S/C9H12N2.ClH/c1-6-3-7(2)11-9-5-10-4-8(6)9;/h3,10H,4-5H2,1-2H3;1H/i1D3;. The molecule has 0 fully saturated rings. The lowest BCUT2D eigenvalue weighted by Crippen LogP contribution is -2.00. The van der Waals surface area contributed by atoms with Crippen LogP contribution in [0, 0.1) is 13.8 Å². The third-order valence-corrected chi connectivity index (χ3v) is 1.93. The molecule has 3 heteroatoms. The number of nitrogens with one attached hydrogen (secondary N) is 1. The van der Waals surface area contributed by atoms with Crippen molar-refractivity contribution in [1.82, 2.24) is 10.3 Å². The van der Waals surface area contributed by atoms with E-state index in [1.54, 1.807) is 6.07 Å². The maximum Gasteiger partial charge on any atom is 0.0592 e. The Kier molecular flexibility index (Phi) is 1.69. The van der Waals surface area contributed by atoms with Crippen LogP contribution in [0.3, 0.4) is 0 Å². The van der Waals surface area contributed by atoms with Crippen molar-refractivity contribution in [3.8, 4) is 0 Å². The van der Waals surface area contributed by atoms with Gasteiger partial charge >= 0.3 is 0 Å². The molecule has 0 atom stereocenters. The summed E-state index contributed by atoms with van der Waals surface area (Å²) in [5.74, 6) is 0. The van der Waals surface area contributed by atoms with E-state index < -0.39 is 6.85 Å². The summed E-state index contributed by atoms with van der Waals surface area (Å²) in [7, 11) is 0. The number of aromatic nitrogens is 1. The van der Waals surface area contributed by atoms with Gasteiger partial charge in [-0.15, -0.1) is 12.4 Å². The van der Waals surface area contributed by atoms with Gasteiger partial charge in [0, 0.05) is 22.9 Å². The molecule has 0 bridgehead atoms. The summed E-state index contributed by atoms with van der Waals surface area (Å²) >= 11 is 0. The molecule has 66 valence electrons. The first-order valence-electron chi connectivity index (χ1n) is 5.19. The second-order valence-electron chi connectivity index (χ2n) is 2.84. The summed E-state index contributed by atoms with van der Waals surface area (Å²) < 4.78 is 22.2. The normalized spacial score (nSPS) is 18.6. The summed E-state index contributed by atoms with van der Waals surface area (Å²) in [6.07, 6.45) is 0. The van der Waals surface area contributed by atoms with Crippen LogP contribution in [0.2, 0.25) is 0 Å². The molecule has 0 radical (unpaired) electrons. The predicted octanol–water partition coefficient (Wildman–Crippen LogP) is 1.72. The quantitative estimate of drug-likeness (QED) is 0.669. The highest BCUT2D eigenvalue weighted by Crippen LogP contribution is 2.17. The van der Waals surface area contributed by atoms with Gasteiger partial charge in [0.05, 0.1) is 5.69 Å². The predicted molar refractivity (Wildman–Crippen MR) is 51.5 cm³/mol. The van der Waals surface area contributed by atoms with Crippen molar-refractivity contribution in [2.45, 2.75) is 26.9 Å². The van der Waals surface area contributed by atoms with Crippen LogP contribution in [0.4, 0.5) is 0 Å². The number of hydrogen-bond acceptors (Lipinski definition) is 2. The minimum atomic E-state index is -2.02. The molecule has 2 heterocycles. The molecular formula is C9H13ClN2. The minimum absolute atomic E-state index is 0. The number of pyridine rings is 1. The van der Waals surface area contributed by atoms with Gasteiger partial charge in [-0.3, -0.25) is 4.98 Å². The number of hydrogen-bond donors (Lipinski definition) is 1. The second-order valence-corrected chi connectivity index (χ2v) is 2.84. The van der Waals surface area contributed by atoms with Crippen LogP contribution in [0.5, 0.6) is 0 Å². The van der Waals surface area contributed by atoms with Gasteiger partial charge in [-0.25, -0.2) is 0 Å². The fraction of sp³-hybridized carbons (Fsp3) is 0.444. The van der Waals surface area contributed by atoms with Crippen molar-refractivity contribution in [3.05, 3.63) is 28.6 Å². The molecule has 0 saturated carbocycles. The summed E-state index contributed by atoms with van der Waals surface area (Å²) in [6.45, 7) is 1.11. The lowest BCUT2D eigenvalue weighted by atomic mass is 10.1. The summed E-state index contributed by atoms with van der Waals surface area (Å²) in [6, 6.07) is 1.67. The first-order chi connectivity index (χ1) is 6.48. The highest BCUT2D eigenvalue weighted by Gasteiger charge is 2.13. The average molecular weight is 188 g/mol. The van der Waals surface area contributed by atoms with Gasteiger partial charge in [-0.1, -0.05) is 0 Å². The van der Waals surface area contributed by atoms with Gasteiger partial charge in [-0.2, -0.15) is 0 Å². The molecule has 2 nitrogen and oxygen atoms in total. The molecular weight excluding hydrogens is 172 g/mol. The van der Waals surface area contributed by atoms with E-state index in [1.807, 2.05) is 6.92 Å². The Morgan fingerprint density at radius 1 is 1.58 bits per heavy atom. The van der Waals surface area contributed by atoms with Crippen molar-refractivity contribution < 1.29 is 4.11 Å². The van der Waals surface area contributed by atoms with Crippen LogP contribution in [-0.4, -0.2) is 4.98 Å². The Morgan fingerprint density at radius 2 is 2.42 bits per heavy atom. The van der Waals surface area contributed by atoms with Crippen LogP contribution in [0.25, 0.3) is 0 Å². The Hall–Kier alpha value is -0.600. The average Bonchev–Trinajstić information content (AvgIpc) is 2.47. The number of rotatable bonds is 0. The molecule has 1 aliphatic heterocycles. The Balaban J connectivity index is 0.00000112. The topological polar surface area (TPSA) is 24.9 Å². The molecule has 0 amide bonds. The molecule has 1 N–H and O–H groups in total. The Labute approximate surface area is 83.0 Å². The first-order valence-corrected chi connectivity index (χ1v) is 3.69. The molecule has 0 spiro atoms. The van der Waals surface area contributed by atoms with Crippen LogP contribution in [0.15, 0.2) is 6.07 Å². The zero-order chi connectivity index (χ0) is 10.3. The molecule has 0 aromatic carbocycles. The lowest BCUT2D eigenvalue weighted by Gasteiger charge is -2.02. The number of halogens is 1. The summed E-state index contributed by atoms with van der Waals surface area (Å²) in [5, 5.41) is 3.11. The van der Waals surface area contributed by atoms with Crippen LogP contribution in [0.1, 0.15) is 26.6 Å². The van der Waals surface area contributed by atoms with E-state index in [1.165, 1.54) is 0 Å². The van der Waals surface area contributed by atoms with Crippen molar-refractivity contribution >= 4 is 12.4 Å². The largest absolute Gasteiger partial charge is 0.307 e. The number of fused-ring (bicyclic) bond motifs is 1. The van der Waals surface area contributed by atoms with E-state index in [9.17, 15) is 0 Å². The van der Waals surface area contributed by atoms with E-state index in [0.29, 0.717) is 18.7 Å². The third kappa shape index (κ3) is 1.45. The smallest absolute Gasteiger partial charge is 0.0592 e. The first kappa shape index (κ1) is 5.95. The van der Waals surface area contributed by atoms with Crippen molar-refractivity contribution in [1.29, 1.82) is 0 Å². The molecule has 1 aliphatic rings. The Bertz CT molecular complexity index is 376. The highest BCUT2D eigenvalue weighted by molar-refractivity contribution is 5.85. The van der Waals surface area contributed by atoms with E-state index in [4.69, 9.17) is 4.11 Å². The SMILES string of the molecule is Cl.[2H]C([2H])([2H])c1cc(C)nc2c1CNC2. The van der Waals surface area contributed by atoms with Gasteiger partial charge in [0.25, 0.3) is 0 Å². The van der Waals surface area contributed by atoms with Gasteiger partial charge in [-0.05, 0) is 31.0 Å². The highest BCUT2D eigenvalue weighted by atomic mass is 35.5. The van der Waals surface area contributed by atoms with Crippen LogP contribution in [-0.2, 0) is 13.1 Å². The van der Waals surface area contributed by atoms with Gasteiger partial charge in [0.1, 0.15) is 0 Å². The zero-order valence-electron chi connectivity index (χ0n) is 9.85. The fourth-order valence-corrected chi connectivity index (χ4v) is 1.41. The fourth-order valence-electron chi connectivity index (χ4n) is 1.41. The van der Waals surface area contributed by atoms with E-state index >= 15 is 0 Å². The molecule has 0 aliphatic carbocycles. The van der Waals surface area contributed by atoms with Crippen molar-refractivity contribution in [2.24, 2.45) is 0 Å². The molecule has 0 unspecified atom stereocenters. The summed E-state index contributed by atoms with van der Waals surface area (Å²) in [5.41, 5.74) is 2.97. The number of aryl methyl sites for hydroxylation is 2. The van der Waals surface area contributed by atoms with Gasteiger partial charge in [0.15, 0.2) is 0 Å². The zero-order valence-corrected chi connectivity index (χ0v) is 7.66. The van der Waals surface area contributed by atoms with Crippen LogP contribution < -0.4 is 5.32 Å². The second kappa shape index (κ2) is 3.42. The molecule has 0 saturated heterocycles. The maximum absolute atomic E-state index is 7.42. The van der Waals surface area contributed by atoms with Gasteiger partial charge in [0.2, 0.25) is 0 Å². The minimum Gasteiger partial charge on any atom is -0.307 e. The molecule has 12 heavy (non-hydrogen) atoms. The lowest BCUT2D eigenvalue weighted by molar-refractivity contribution is 0.756. The van der Waals surface area contributed by atoms with Crippen molar-refractivity contribution in [2.75, 3.05) is 0 Å². The Morgan fingerprint density at radius 3 is 3.17 bits per heavy atom. The monoisotopic (exact) mass is 187 g/mol. The molecule has 1 aromatic heterocycles. The molecule has 2 rings (SSSR count).